The summed E-state index contributed by atoms with van der Waals surface area (Å²) in [5.74, 6) is 0.345. The van der Waals surface area contributed by atoms with Crippen molar-refractivity contribution in [3.63, 3.8) is 0 Å². The Morgan fingerprint density at radius 3 is 2.69 bits per heavy atom. The van der Waals surface area contributed by atoms with Crippen LogP contribution >= 0.6 is 0 Å². The van der Waals surface area contributed by atoms with Gasteiger partial charge in [0.2, 0.25) is 0 Å². The lowest BCUT2D eigenvalue weighted by Gasteiger charge is -2.46. The summed E-state index contributed by atoms with van der Waals surface area (Å²) in [6.45, 7) is 7.01. The van der Waals surface area contributed by atoms with Gasteiger partial charge in [-0.25, -0.2) is 8.78 Å². The number of amidine groups is 1. The Bertz CT molecular complexity index is 1040. The fourth-order valence-electron chi connectivity index (χ4n) is 5.69. The predicted octanol–water partition coefficient (Wildman–Crippen LogP) is 4.17. The highest BCUT2D eigenvalue weighted by Gasteiger charge is 2.35. The van der Waals surface area contributed by atoms with Gasteiger partial charge in [0.05, 0.1) is 12.2 Å². The summed E-state index contributed by atoms with van der Waals surface area (Å²) in [5.41, 5.74) is 1.30. The molecule has 0 spiro atoms. The zero-order valence-electron chi connectivity index (χ0n) is 20.1. The lowest BCUT2D eigenvalue weighted by molar-refractivity contribution is 0.0381. The van der Waals surface area contributed by atoms with Crippen LogP contribution in [0, 0.1) is 17.6 Å². The SMILES string of the molecule is ON=C(c1cc(F)ccc1F)N1CCN2C[C@H](COc3cccc(CN4CCCC4)c3)CC[C@H]2C1. The number of oxime groups is 1. The maximum Gasteiger partial charge on any atom is 0.178 e. The van der Waals surface area contributed by atoms with Crippen molar-refractivity contribution in [3.05, 3.63) is 65.2 Å². The zero-order valence-corrected chi connectivity index (χ0v) is 20.1. The molecular weight excluding hydrogens is 450 g/mol. The summed E-state index contributed by atoms with van der Waals surface area (Å²) >= 11 is 0. The van der Waals surface area contributed by atoms with Crippen LogP contribution in [0.1, 0.15) is 36.8 Å². The van der Waals surface area contributed by atoms with Crippen molar-refractivity contribution in [2.24, 2.45) is 11.1 Å². The maximum absolute atomic E-state index is 14.3. The first-order valence-corrected chi connectivity index (χ1v) is 12.7. The molecular formula is C27H34F2N4O2. The molecule has 3 saturated heterocycles. The van der Waals surface area contributed by atoms with Crippen LogP contribution in [0.2, 0.25) is 0 Å². The summed E-state index contributed by atoms with van der Waals surface area (Å²) in [6.07, 6.45) is 4.62. The van der Waals surface area contributed by atoms with E-state index >= 15 is 0 Å². The summed E-state index contributed by atoms with van der Waals surface area (Å²) in [5, 5.41) is 12.9. The molecule has 2 aromatic rings. The average molecular weight is 485 g/mol. The average Bonchev–Trinajstić information content (AvgIpc) is 3.38. The summed E-state index contributed by atoms with van der Waals surface area (Å²) < 4.78 is 34.2. The number of piperazine rings is 1. The van der Waals surface area contributed by atoms with Gasteiger partial charge in [-0.2, -0.15) is 0 Å². The smallest absolute Gasteiger partial charge is 0.178 e. The second kappa shape index (κ2) is 10.9. The molecule has 1 N–H and O–H groups in total. The molecule has 3 heterocycles. The Morgan fingerprint density at radius 1 is 1.00 bits per heavy atom. The number of hydrogen-bond donors (Lipinski definition) is 1. The van der Waals surface area contributed by atoms with E-state index in [2.05, 4.69) is 33.2 Å². The molecule has 0 unspecified atom stereocenters. The molecule has 3 aliphatic rings. The minimum atomic E-state index is -0.591. The van der Waals surface area contributed by atoms with Gasteiger partial charge in [-0.15, -0.1) is 0 Å². The van der Waals surface area contributed by atoms with E-state index in [1.54, 1.807) is 0 Å². The topological polar surface area (TPSA) is 51.5 Å². The number of nitrogens with zero attached hydrogens (tertiary/aromatic N) is 4. The number of halogens is 2. The van der Waals surface area contributed by atoms with Crippen LogP contribution in [0.3, 0.4) is 0 Å². The van der Waals surface area contributed by atoms with Crippen molar-refractivity contribution in [2.45, 2.75) is 38.3 Å². The Balaban J connectivity index is 1.13. The third-order valence-corrected chi connectivity index (χ3v) is 7.56. The van der Waals surface area contributed by atoms with E-state index in [0.29, 0.717) is 25.6 Å². The largest absolute Gasteiger partial charge is 0.493 e. The highest BCUT2D eigenvalue weighted by atomic mass is 19.1. The van der Waals surface area contributed by atoms with Crippen LogP contribution in [-0.2, 0) is 6.54 Å². The molecule has 6 nitrogen and oxygen atoms in total. The van der Waals surface area contributed by atoms with Gasteiger partial charge >= 0.3 is 0 Å². The Kier molecular flexibility index (Phi) is 7.48. The first-order valence-electron chi connectivity index (χ1n) is 12.7. The molecule has 3 aliphatic heterocycles. The van der Waals surface area contributed by atoms with Crippen molar-refractivity contribution in [2.75, 3.05) is 45.9 Å². The van der Waals surface area contributed by atoms with Crippen molar-refractivity contribution in [1.29, 1.82) is 0 Å². The van der Waals surface area contributed by atoms with E-state index in [9.17, 15) is 14.0 Å². The zero-order chi connectivity index (χ0) is 24.2. The summed E-state index contributed by atoms with van der Waals surface area (Å²) in [7, 11) is 0. The molecule has 3 fully saturated rings. The van der Waals surface area contributed by atoms with E-state index in [0.717, 1.165) is 56.4 Å². The summed E-state index contributed by atoms with van der Waals surface area (Å²) in [4.78, 5) is 6.81. The first-order chi connectivity index (χ1) is 17.1. The van der Waals surface area contributed by atoms with Gasteiger partial charge in [0, 0.05) is 44.7 Å². The van der Waals surface area contributed by atoms with Gasteiger partial charge in [0.1, 0.15) is 17.4 Å². The second-order valence-electron chi connectivity index (χ2n) is 10.0. The van der Waals surface area contributed by atoms with E-state index < -0.39 is 11.6 Å². The highest BCUT2D eigenvalue weighted by Crippen LogP contribution is 2.28. The van der Waals surface area contributed by atoms with Gasteiger partial charge < -0.3 is 14.8 Å². The van der Waals surface area contributed by atoms with Crippen LogP contribution in [0.4, 0.5) is 8.78 Å². The molecule has 5 rings (SSSR count). The second-order valence-corrected chi connectivity index (χ2v) is 10.0. The number of benzene rings is 2. The molecule has 8 heteroatoms. The summed E-state index contributed by atoms with van der Waals surface area (Å²) in [6, 6.07) is 12.0. The number of fused-ring (bicyclic) bond motifs is 1. The highest BCUT2D eigenvalue weighted by molar-refractivity contribution is 5.98. The Labute approximate surface area is 205 Å². The maximum atomic E-state index is 14.3. The standard InChI is InChI=1S/C27H34F2N4O2/c28-22-7-9-26(29)25(15-22)27(30-34)33-13-12-32-17-21(6-8-23(32)18-33)19-35-24-5-3-4-20(14-24)16-31-10-1-2-11-31/h3-5,7,9,14-15,21,23,34H,1-2,6,8,10-13,16-19H2/t21-,23+/m1/s1. The third-order valence-electron chi connectivity index (χ3n) is 7.56. The van der Waals surface area contributed by atoms with E-state index in [1.165, 1.54) is 31.5 Å². The molecule has 0 bridgehead atoms. The van der Waals surface area contributed by atoms with Gasteiger partial charge in [0.25, 0.3) is 0 Å². The minimum Gasteiger partial charge on any atom is -0.493 e. The lowest BCUT2D eigenvalue weighted by Crippen LogP contribution is -2.58. The number of likely N-dealkylation sites (tertiary alicyclic amines) is 1. The normalized spacial score (nSPS) is 23.9. The van der Waals surface area contributed by atoms with Crippen molar-refractivity contribution in [3.8, 4) is 5.75 Å². The number of rotatable bonds is 6. The monoisotopic (exact) mass is 484 g/mol. The van der Waals surface area contributed by atoms with Crippen LogP contribution in [0.15, 0.2) is 47.6 Å². The lowest BCUT2D eigenvalue weighted by atomic mass is 9.91. The van der Waals surface area contributed by atoms with Crippen molar-refractivity contribution >= 4 is 5.84 Å². The molecule has 2 atom stereocenters. The van der Waals surface area contributed by atoms with E-state index in [4.69, 9.17) is 4.74 Å². The number of piperidine rings is 1. The van der Waals surface area contributed by atoms with Crippen LogP contribution in [-0.4, -0.2) is 77.7 Å². The minimum absolute atomic E-state index is 0.00463. The third kappa shape index (κ3) is 5.76. The van der Waals surface area contributed by atoms with Crippen LogP contribution in [0.25, 0.3) is 0 Å². The molecule has 35 heavy (non-hydrogen) atoms. The van der Waals surface area contributed by atoms with Crippen molar-refractivity contribution < 1.29 is 18.7 Å². The first kappa shape index (κ1) is 24.0. The molecule has 0 aliphatic carbocycles. The quantitative estimate of drug-likeness (QED) is 0.289. The number of ether oxygens (including phenoxy) is 1. The van der Waals surface area contributed by atoms with Crippen LogP contribution in [0.5, 0.6) is 5.75 Å². The fourth-order valence-corrected chi connectivity index (χ4v) is 5.69. The van der Waals surface area contributed by atoms with E-state index in [-0.39, 0.29) is 17.4 Å². The predicted molar refractivity (Wildman–Crippen MR) is 131 cm³/mol. The van der Waals surface area contributed by atoms with Crippen molar-refractivity contribution in [1.82, 2.24) is 14.7 Å². The fraction of sp³-hybridized carbons (Fsp3) is 0.519. The molecule has 0 aromatic heterocycles. The van der Waals surface area contributed by atoms with E-state index in [1.807, 2.05) is 11.0 Å². The molecule has 2 aromatic carbocycles. The van der Waals surface area contributed by atoms with Gasteiger partial charge in [-0.3, -0.25) is 9.80 Å². The molecule has 0 amide bonds. The van der Waals surface area contributed by atoms with Gasteiger partial charge in [0.15, 0.2) is 5.84 Å². The number of hydrogen-bond acceptors (Lipinski definition) is 5. The molecule has 188 valence electrons. The molecule has 0 radical (unpaired) electrons. The van der Waals surface area contributed by atoms with Gasteiger partial charge in [-0.1, -0.05) is 17.3 Å². The Morgan fingerprint density at radius 2 is 1.86 bits per heavy atom. The van der Waals surface area contributed by atoms with Gasteiger partial charge in [-0.05, 0) is 74.7 Å². The Hall–Kier alpha value is -2.71. The van der Waals surface area contributed by atoms with Crippen LogP contribution < -0.4 is 4.74 Å². The molecule has 0 saturated carbocycles.